The van der Waals surface area contributed by atoms with Gasteiger partial charge in [-0.1, -0.05) is 109 Å². The molecule has 3 aromatic rings. The fourth-order valence-corrected chi connectivity index (χ4v) is 8.05. The van der Waals surface area contributed by atoms with Crippen molar-refractivity contribution in [2.75, 3.05) is 39.3 Å². The summed E-state index contributed by atoms with van der Waals surface area (Å²) in [6, 6.07) is 10.5. The third-order valence-corrected chi connectivity index (χ3v) is 11.7. The van der Waals surface area contributed by atoms with Gasteiger partial charge in [0, 0.05) is 6.61 Å². The van der Waals surface area contributed by atoms with Gasteiger partial charge >= 0.3 is 7.82 Å². The predicted molar refractivity (Wildman–Crippen MR) is 220 cm³/mol. The molecule has 1 aliphatic heterocycles. The van der Waals surface area contributed by atoms with Crippen LogP contribution in [0.5, 0.6) is 5.75 Å². The summed E-state index contributed by atoms with van der Waals surface area (Å²) in [6.45, 7) is 3.63. The van der Waals surface area contributed by atoms with E-state index in [9.17, 15) is 24.9 Å². The van der Waals surface area contributed by atoms with E-state index in [2.05, 4.69) is 23.1 Å². The summed E-state index contributed by atoms with van der Waals surface area (Å²) < 4.78 is 48.5. The molecule has 0 saturated carbocycles. The molecule has 2 aromatic heterocycles. The maximum Gasteiger partial charge on any atom is 0.472 e. The van der Waals surface area contributed by atoms with E-state index in [0.717, 1.165) is 24.8 Å². The van der Waals surface area contributed by atoms with Crippen molar-refractivity contribution in [3.8, 4) is 11.8 Å². The second kappa shape index (κ2) is 24.8. The number of hydrogen-bond donors (Lipinski definition) is 4. The lowest BCUT2D eigenvalue weighted by molar-refractivity contribution is -0.0901. The number of aliphatic hydroxyl groups is 2. The largest absolute Gasteiger partial charge is 0.495 e. The van der Waals surface area contributed by atoms with Crippen molar-refractivity contribution < 1.29 is 47.7 Å². The number of methoxy groups -OCH3 is 1. The van der Waals surface area contributed by atoms with Crippen molar-refractivity contribution in [1.29, 1.82) is 5.26 Å². The minimum absolute atomic E-state index is 0.0959. The van der Waals surface area contributed by atoms with Crippen molar-refractivity contribution in [3.05, 3.63) is 53.5 Å². The van der Waals surface area contributed by atoms with Crippen LogP contribution in [0.15, 0.2) is 36.7 Å². The number of ether oxygens (including phenoxy) is 4. The normalized spacial score (nSPS) is 20.9. The molecular weight excluding hydrogens is 765 g/mol. The Labute approximate surface area is 343 Å². The quantitative estimate of drug-likeness (QED) is 0.0378. The first-order valence-corrected chi connectivity index (χ1v) is 22.5. The number of phosphoric acid groups is 1. The van der Waals surface area contributed by atoms with E-state index >= 15 is 0 Å². The number of phosphoric ester groups is 1. The molecule has 3 heterocycles. The Balaban J connectivity index is 1.19. The molecule has 0 bridgehead atoms. The fraction of sp³-hybridized carbons (Fsp3) is 0.690. The highest BCUT2D eigenvalue weighted by Gasteiger charge is 2.54. The highest BCUT2D eigenvalue weighted by atomic mass is 31.2. The lowest BCUT2D eigenvalue weighted by Gasteiger charge is -2.27. The molecule has 4 rings (SSSR count). The molecule has 58 heavy (non-hydrogen) atoms. The molecule has 5 N–H and O–H groups in total. The minimum atomic E-state index is -4.70. The van der Waals surface area contributed by atoms with Gasteiger partial charge < -0.3 is 39.8 Å². The molecule has 0 aliphatic carbocycles. The third-order valence-electron chi connectivity index (χ3n) is 10.8. The number of rotatable bonds is 30. The van der Waals surface area contributed by atoms with E-state index in [1.807, 2.05) is 0 Å². The van der Waals surface area contributed by atoms with E-state index < -0.39 is 44.4 Å². The van der Waals surface area contributed by atoms with Gasteiger partial charge in [-0.25, -0.2) is 14.1 Å². The van der Waals surface area contributed by atoms with Gasteiger partial charge in [0.2, 0.25) is 0 Å². The molecule has 1 unspecified atom stereocenters. The highest BCUT2D eigenvalue weighted by molar-refractivity contribution is 7.47. The van der Waals surface area contributed by atoms with Crippen molar-refractivity contribution in [2.24, 2.45) is 0 Å². The highest BCUT2D eigenvalue weighted by Crippen LogP contribution is 2.46. The maximum absolute atomic E-state index is 13.1. The molecule has 1 aliphatic rings. The van der Waals surface area contributed by atoms with Crippen molar-refractivity contribution in [3.63, 3.8) is 0 Å². The van der Waals surface area contributed by atoms with Crippen LogP contribution >= 0.6 is 7.82 Å². The zero-order valence-corrected chi connectivity index (χ0v) is 35.5. The summed E-state index contributed by atoms with van der Waals surface area (Å²) in [7, 11) is -3.22. The van der Waals surface area contributed by atoms with E-state index in [1.54, 1.807) is 37.3 Å². The van der Waals surface area contributed by atoms with Crippen LogP contribution in [0.4, 0.5) is 5.82 Å². The van der Waals surface area contributed by atoms with Gasteiger partial charge in [0.15, 0.2) is 5.82 Å². The van der Waals surface area contributed by atoms with Crippen LogP contribution in [0.3, 0.4) is 0 Å². The van der Waals surface area contributed by atoms with Gasteiger partial charge in [0.1, 0.15) is 53.7 Å². The Hall–Kier alpha value is -3.16. The molecule has 16 heteroatoms. The summed E-state index contributed by atoms with van der Waals surface area (Å²) in [5, 5.41) is 35.4. The molecule has 0 radical (unpaired) electrons. The first kappa shape index (κ1) is 47.5. The van der Waals surface area contributed by atoms with Crippen molar-refractivity contribution in [1.82, 2.24) is 14.6 Å². The second-order valence-electron chi connectivity index (χ2n) is 15.4. The van der Waals surface area contributed by atoms with Crippen LogP contribution in [0.1, 0.15) is 133 Å². The summed E-state index contributed by atoms with van der Waals surface area (Å²) in [5.74, 6) is 0.630. The number of nitrogen functional groups attached to an aromatic ring is 1. The number of nitrogens with zero attached hydrogens (tertiary/aromatic N) is 4. The zero-order valence-electron chi connectivity index (χ0n) is 34.6. The molecule has 1 saturated heterocycles. The Morgan fingerprint density at radius 2 is 1.59 bits per heavy atom. The van der Waals surface area contributed by atoms with Crippen LogP contribution in [0.25, 0.3) is 5.52 Å². The smallest absolute Gasteiger partial charge is 0.472 e. The number of hydrogen-bond acceptors (Lipinski definition) is 13. The summed E-state index contributed by atoms with van der Waals surface area (Å²) in [4.78, 5) is 14.6. The number of anilines is 1. The third kappa shape index (κ3) is 14.5. The van der Waals surface area contributed by atoms with Gasteiger partial charge in [0.05, 0.1) is 44.8 Å². The predicted octanol–water partition coefficient (Wildman–Crippen LogP) is 7.52. The lowest BCUT2D eigenvalue weighted by atomic mass is 9.93. The number of unbranched alkanes of at least 4 members (excludes halogenated alkanes) is 15. The first-order valence-electron chi connectivity index (χ1n) is 21.0. The van der Waals surface area contributed by atoms with Crippen LogP contribution in [-0.2, 0) is 40.0 Å². The molecule has 1 aromatic carbocycles. The average molecular weight is 832 g/mol. The van der Waals surface area contributed by atoms with Crippen molar-refractivity contribution >= 4 is 19.2 Å². The summed E-state index contributed by atoms with van der Waals surface area (Å²) in [5.41, 5.74) is 6.49. The molecule has 0 amide bonds. The van der Waals surface area contributed by atoms with Gasteiger partial charge in [0.25, 0.3) is 0 Å². The Morgan fingerprint density at radius 3 is 2.21 bits per heavy atom. The van der Waals surface area contributed by atoms with Crippen molar-refractivity contribution in [2.45, 2.75) is 153 Å². The average Bonchev–Trinajstić information content (AvgIpc) is 3.76. The molecule has 15 nitrogen and oxygen atoms in total. The topological polar surface area (TPSA) is 213 Å². The number of fused-ring (bicyclic) bond motifs is 1. The monoisotopic (exact) mass is 831 g/mol. The van der Waals surface area contributed by atoms with Gasteiger partial charge in [-0.15, -0.1) is 0 Å². The van der Waals surface area contributed by atoms with E-state index in [-0.39, 0.29) is 25.6 Å². The van der Waals surface area contributed by atoms with E-state index in [1.165, 1.54) is 101 Å². The minimum Gasteiger partial charge on any atom is -0.495 e. The molecule has 0 spiro atoms. The van der Waals surface area contributed by atoms with Crippen LogP contribution in [-0.4, -0.2) is 87.7 Å². The summed E-state index contributed by atoms with van der Waals surface area (Å²) in [6.07, 6.45) is 16.9. The Bertz CT molecular complexity index is 1740. The second-order valence-corrected chi connectivity index (χ2v) is 16.8. The molecule has 6 atom stereocenters. The van der Waals surface area contributed by atoms with Gasteiger partial charge in [-0.2, -0.15) is 10.4 Å². The number of aliphatic hydroxyl groups excluding tert-OH is 2. The van der Waals surface area contributed by atoms with Gasteiger partial charge in [-0.05, 0) is 43.2 Å². The summed E-state index contributed by atoms with van der Waals surface area (Å²) >= 11 is 0. The molecule has 324 valence electrons. The molecule has 1 fully saturated rings. The van der Waals surface area contributed by atoms with Crippen LogP contribution in [0.2, 0.25) is 0 Å². The Kier molecular flexibility index (Phi) is 20.3. The zero-order chi connectivity index (χ0) is 41.8. The number of aromatic nitrogens is 3. The SMILES string of the molecule is CCCCCCCCCCCCCCCCCCOC[C@H](COP(=O)(O)OC[C@H]1O[C@@](C)(c2ccc3c(N)ncnn23)[C@H](O)[C@@H]1O)OCc1ccc(C#N)c(OC)c1. The lowest BCUT2D eigenvalue weighted by Crippen LogP contribution is -2.39. The number of nitrogens with two attached hydrogens (primary N) is 1. The number of benzene rings is 1. The van der Waals surface area contributed by atoms with Crippen LogP contribution in [0, 0.1) is 11.3 Å². The van der Waals surface area contributed by atoms with E-state index in [4.69, 9.17) is 33.7 Å². The Morgan fingerprint density at radius 1 is 0.948 bits per heavy atom. The standard InChI is InChI=1S/C42H66N5O10P/c1-4-5-6-7-8-9-10-11-12-13-14-15-16-17-18-19-24-53-28-34(54-27-32-20-21-33(26-43)36(25-32)52-3)29-55-58(50,51)56-30-37-39(48)40(49)42(2,57-37)38-23-22-35-41(44)45-31-46-47(35)38/h20-23,25,31,34,37,39-40,48-49H,4-19,24,27-30H2,1-3H3,(H,50,51)(H2,44,45,46)/t34-,37-,39-,40-,42+/m1/s1. The first-order chi connectivity index (χ1) is 28.0. The molecular formula is C42H66N5O10P. The van der Waals surface area contributed by atoms with Crippen LogP contribution < -0.4 is 10.5 Å². The fourth-order valence-electron chi connectivity index (χ4n) is 7.28. The maximum atomic E-state index is 13.1. The van der Waals surface area contributed by atoms with E-state index in [0.29, 0.717) is 29.1 Å². The van der Waals surface area contributed by atoms with Gasteiger partial charge in [-0.3, -0.25) is 9.05 Å². The number of nitriles is 1.